The first-order valence-corrected chi connectivity index (χ1v) is 12.5. The molecule has 5 N–H and O–H groups in total. The zero-order chi connectivity index (χ0) is 21.1. The van der Waals surface area contributed by atoms with Crippen LogP contribution in [0.2, 0.25) is 0 Å². The van der Waals surface area contributed by atoms with E-state index in [1.54, 1.807) is 0 Å². The van der Waals surface area contributed by atoms with Gasteiger partial charge in [0, 0.05) is 11.1 Å². The molecule has 0 spiro atoms. The van der Waals surface area contributed by atoms with Crippen molar-refractivity contribution in [3.8, 4) is 0 Å². The van der Waals surface area contributed by atoms with Crippen molar-refractivity contribution in [2.24, 2.45) is 40.1 Å². The van der Waals surface area contributed by atoms with Crippen molar-refractivity contribution in [3.05, 3.63) is 11.6 Å². The summed E-state index contributed by atoms with van der Waals surface area (Å²) >= 11 is 0. The first-order valence-electron chi connectivity index (χ1n) is 12.5. The van der Waals surface area contributed by atoms with Crippen LogP contribution in [0.4, 0.5) is 0 Å². The molecule has 3 saturated carbocycles. The van der Waals surface area contributed by atoms with Crippen LogP contribution in [0.3, 0.4) is 0 Å². The lowest BCUT2D eigenvalue weighted by Gasteiger charge is -2.64. The van der Waals surface area contributed by atoms with Gasteiger partial charge in [-0.25, -0.2) is 0 Å². The van der Waals surface area contributed by atoms with Crippen molar-refractivity contribution < 1.29 is 5.11 Å². The molecule has 29 heavy (non-hydrogen) atoms. The molecule has 0 amide bonds. The Bertz CT molecular complexity index is 659. The summed E-state index contributed by atoms with van der Waals surface area (Å²) in [5, 5.41) is 10.2. The maximum atomic E-state index is 10.2. The SMILES string of the molecule is CC(C)CCCCC1(N)CCC2C3(N)CC=C4CC(O)CCC4(C)C3CCC21C. The molecule has 0 aromatic heterocycles. The molecule has 0 bridgehead atoms. The van der Waals surface area contributed by atoms with E-state index in [0.29, 0.717) is 11.8 Å². The van der Waals surface area contributed by atoms with Crippen LogP contribution in [0, 0.1) is 28.6 Å². The highest BCUT2D eigenvalue weighted by Gasteiger charge is 2.67. The molecule has 3 fully saturated rings. The Labute approximate surface area is 179 Å². The Hall–Kier alpha value is -0.380. The van der Waals surface area contributed by atoms with Gasteiger partial charge in [0.1, 0.15) is 0 Å². The molecule has 166 valence electrons. The minimum atomic E-state index is -0.150. The summed E-state index contributed by atoms with van der Waals surface area (Å²) in [7, 11) is 0. The normalized spacial score (nSPS) is 49.4. The highest BCUT2D eigenvalue weighted by atomic mass is 16.3. The molecule has 4 aliphatic rings. The van der Waals surface area contributed by atoms with Crippen LogP contribution in [-0.4, -0.2) is 22.3 Å². The third-order valence-electron chi connectivity index (χ3n) is 10.3. The molecule has 4 rings (SSSR count). The van der Waals surface area contributed by atoms with E-state index < -0.39 is 0 Å². The molecular weight excluding hydrogens is 356 g/mol. The van der Waals surface area contributed by atoms with Gasteiger partial charge in [0.05, 0.1) is 6.10 Å². The quantitative estimate of drug-likeness (QED) is 0.431. The van der Waals surface area contributed by atoms with E-state index in [0.717, 1.165) is 44.4 Å². The number of nitrogens with two attached hydrogens (primary N) is 2. The summed E-state index contributed by atoms with van der Waals surface area (Å²) in [6, 6.07) is 0. The fourth-order valence-electron chi connectivity index (χ4n) is 8.42. The average Bonchev–Trinajstić information content (AvgIpc) is 2.92. The van der Waals surface area contributed by atoms with E-state index in [9.17, 15) is 5.11 Å². The zero-order valence-electron chi connectivity index (χ0n) is 19.5. The highest BCUT2D eigenvalue weighted by molar-refractivity contribution is 5.31. The predicted molar refractivity (Wildman–Crippen MR) is 121 cm³/mol. The van der Waals surface area contributed by atoms with E-state index >= 15 is 0 Å². The Morgan fingerprint density at radius 1 is 1.03 bits per heavy atom. The van der Waals surface area contributed by atoms with Gasteiger partial charge in [0.15, 0.2) is 0 Å². The first kappa shape index (κ1) is 21.8. The van der Waals surface area contributed by atoms with Crippen LogP contribution in [0.25, 0.3) is 0 Å². The largest absolute Gasteiger partial charge is 0.393 e. The lowest BCUT2D eigenvalue weighted by atomic mass is 9.43. The number of unbranched alkanes of at least 4 members (excludes halogenated alkanes) is 1. The Morgan fingerprint density at radius 3 is 2.48 bits per heavy atom. The lowest BCUT2D eigenvalue weighted by Crippen LogP contribution is -2.68. The van der Waals surface area contributed by atoms with Crippen LogP contribution in [0.5, 0.6) is 0 Å². The van der Waals surface area contributed by atoms with E-state index in [1.165, 1.54) is 44.1 Å². The molecule has 7 unspecified atom stereocenters. The van der Waals surface area contributed by atoms with Gasteiger partial charge in [-0.3, -0.25) is 0 Å². The Kier molecular flexibility index (Phi) is 5.53. The van der Waals surface area contributed by atoms with Crippen molar-refractivity contribution in [1.29, 1.82) is 0 Å². The third-order valence-corrected chi connectivity index (χ3v) is 10.3. The van der Waals surface area contributed by atoms with Crippen LogP contribution >= 0.6 is 0 Å². The topological polar surface area (TPSA) is 72.3 Å². The molecule has 0 heterocycles. The molecule has 4 aliphatic carbocycles. The summed E-state index contributed by atoms with van der Waals surface area (Å²) in [4.78, 5) is 0. The number of hydrogen-bond acceptors (Lipinski definition) is 3. The van der Waals surface area contributed by atoms with Crippen molar-refractivity contribution >= 4 is 0 Å². The second kappa shape index (κ2) is 7.35. The molecular formula is C26H46N2O. The fraction of sp³-hybridized carbons (Fsp3) is 0.923. The van der Waals surface area contributed by atoms with Gasteiger partial charge in [-0.1, -0.05) is 58.6 Å². The summed E-state index contributed by atoms with van der Waals surface area (Å²) in [6.45, 7) is 9.58. The van der Waals surface area contributed by atoms with Crippen molar-refractivity contribution in [1.82, 2.24) is 0 Å². The first-order chi connectivity index (χ1) is 13.6. The van der Waals surface area contributed by atoms with Gasteiger partial charge in [0.25, 0.3) is 0 Å². The molecule has 3 heteroatoms. The van der Waals surface area contributed by atoms with Gasteiger partial charge in [-0.05, 0) is 86.4 Å². The maximum absolute atomic E-state index is 10.2. The van der Waals surface area contributed by atoms with Crippen LogP contribution in [-0.2, 0) is 0 Å². The standard InChI is InChI=1S/C26H46N2O/c1-18(2)7-5-6-12-25(27)15-11-22-24(25,4)14-10-21-23(3)13-9-20(29)17-19(23)8-16-26(21,22)28/h8,18,20-22,29H,5-7,9-17,27-28H2,1-4H3. The van der Waals surface area contributed by atoms with Crippen LogP contribution in [0.15, 0.2) is 11.6 Å². The summed E-state index contributed by atoms with van der Waals surface area (Å²) in [6.07, 6.45) is 16.0. The van der Waals surface area contributed by atoms with E-state index in [4.69, 9.17) is 11.5 Å². The number of aliphatic hydroxyl groups excluding tert-OH is 1. The Balaban J connectivity index is 1.56. The highest BCUT2D eigenvalue weighted by Crippen LogP contribution is 2.68. The van der Waals surface area contributed by atoms with E-state index in [-0.39, 0.29) is 28.0 Å². The molecule has 0 radical (unpaired) electrons. The molecule has 0 aliphatic heterocycles. The summed E-state index contributed by atoms with van der Waals surface area (Å²) in [5.74, 6) is 1.87. The monoisotopic (exact) mass is 402 g/mol. The second-order valence-corrected chi connectivity index (χ2v) is 12.3. The van der Waals surface area contributed by atoms with E-state index in [1.807, 2.05) is 0 Å². The Morgan fingerprint density at radius 2 is 1.76 bits per heavy atom. The number of hydrogen-bond donors (Lipinski definition) is 3. The minimum Gasteiger partial charge on any atom is -0.393 e. The fourth-order valence-corrected chi connectivity index (χ4v) is 8.42. The number of fused-ring (bicyclic) bond motifs is 5. The summed E-state index contributed by atoms with van der Waals surface area (Å²) < 4.78 is 0. The van der Waals surface area contributed by atoms with Crippen LogP contribution in [0.1, 0.15) is 105 Å². The van der Waals surface area contributed by atoms with Gasteiger partial charge >= 0.3 is 0 Å². The molecule has 7 atom stereocenters. The van der Waals surface area contributed by atoms with E-state index in [2.05, 4.69) is 33.8 Å². The predicted octanol–water partition coefficient (Wildman–Crippen LogP) is 5.31. The molecule has 0 aromatic carbocycles. The lowest BCUT2D eigenvalue weighted by molar-refractivity contribution is -0.0737. The smallest absolute Gasteiger partial charge is 0.0577 e. The van der Waals surface area contributed by atoms with Crippen molar-refractivity contribution in [2.75, 3.05) is 0 Å². The molecule has 0 saturated heterocycles. The summed E-state index contributed by atoms with van der Waals surface area (Å²) in [5.41, 5.74) is 16.3. The van der Waals surface area contributed by atoms with Crippen LogP contribution < -0.4 is 11.5 Å². The van der Waals surface area contributed by atoms with Crippen molar-refractivity contribution in [3.63, 3.8) is 0 Å². The van der Waals surface area contributed by atoms with Gasteiger partial charge in [-0.2, -0.15) is 0 Å². The zero-order valence-corrected chi connectivity index (χ0v) is 19.5. The second-order valence-electron chi connectivity index (χ2n) is 12.3. The molecule has 3 nitrogen and oxygen atoms in total. The number of aliphatic hydroxyl groups is 1. The average molecular weight is 403 g/mol. The van der Waals surface area contributed by atoms with Gasteiger partial charge < -0.3 is 16.6 Å². The third kappa shape index (κ3) is 3.26. The number of rotatable bonds is 5. The maximum Gasteiger partial charge on any atom is 0.0577 e. The minimum absolute atomic E-state index is 0.0420. The van der Waals surface area contributed by atoms with Crippen molar-refractivity contribution in [2.45, 2.75) is 122 Å². The van der Waals surface area contributed by atoms with Gasteiger partial charge in [-0.15, -0.1) is 0 Å². The molecule has 0 aromatic rings. The van der Waals surface area contributed by atoms with Gasteiger partial charge in [0.2, 0.25) is 0 Å².